The van der Waals surface area contributed by atoms with Crippen molar-refractivity contribution in [2.75, 3.05) is 0 Å². The maximum atomic E-state index is 4.84. The standard InChI is InChI=1S/C20H24N4/c1-13-9-10-16(12-15(13)3)22-23-19-17(20(4,5)6)21-18-14(2)8-7-11-24(18)19/h7-12H,1-6H3. The molecule has 0 atom stereocenters. The Balaban J connectivity index is 2.15. The van der Waals surface area contributed by atoms with Gasteiger partial charge < -0.3 is 0 Å². The van der Waals surface area contributed by atoms with E-state index in [9.17, 15) is 0 Å². The third-order valence-electron chi connectivity index (χ3n) is 4.28. The molecule has 1 aromatic carbocycles. The van der Waals surface area contributed by atoms with Crippen molar-refractivity contribution >= 4 is 17.2 Å². The molecule has 4 heteroatoms. The summed E-state index contributed by atoms with van der Waals surface area (Å²) in [5, 5.41) is 9.04. The molecule has 3 rings (SSSR count). The summed E-state index contributed by atoms with van der Waals surface area (Å²) in [7, 11) is 0. The summed E-state index contributed by atoms with van der Waals surface area (Å²) in [5.74, 6) is 0.805. The van der Waals surface area contributed by atoms with E-state index >= 15 is 0 Å². The van der Waals surface area contributed by atoms with Gasteiger partial charge in [-0.25, -0.2) is 4.98 Å². The van der Waals surface area contributed by atoms with E-state index in [4.69, 9.17) is 4.98 Å². The number of hydrogen-bond acceptors (Lipinski definition) is 3. The number of imidazole rings is 1. The lowest BCUT2D eigenvalue weighted by molar-refractivity contribution is 0.573. The Morgan fingerprint density at radius 2 is 1.67 bits per heavy atom. The SMILES string of the molecule is Cc1ccc(N=Nc2c(C(C)(C)C)nc3c(C)cccn23)cc1C. The second-order valence-electron chi connectivity index (χ2n) is 7.39. The topological polar surface area (TPSA) is 42.0 Å². The molecule has 124 valence electrons. The Bertz CT molecular complexity index is 927. The number of hydrogen-bond donors (Lipinski definition) is 0. The van der Waals surface area contributed by atoms with Gasteiger partial charge in [-0.3, -0.25) is 4.40 Å². The van der Waals surface area contributed by atoms with Crippen molar-refractivity contribution in [2.24, 2.45) is 10.2 Å². The normalized spacial score (nSPS) is 12.4. The van der Waals surface area contributed by atoms with Crippen LogP contribution in [0.3, 0.4) is 0 Å². The van der Waals surface area contributed by atoms with E-state index in [-0.39, 0.29) is 5.41 Å². The summed E-state index contributed by atoms with van der Waals surface area (Å²) < 4.78 is 2.03. The van der Waals surface area contributed by atoms with Crippen LogP contribution < -0.4 is 0 Å². The number of fused-ring (bicyclic) bond motifs is 1. The van der Waals surface area contributed by atoms with Crippen molar-refractivity contribution < 1.29 is 0 Å². The summed E-state index contributed by atoms with van der Waals surface area (Å²) in [6.45, 7) is 12.7. The van der Waals surface area contributed by atoms with E-state index < -0.39 is 0 Å². The zero-order valence-corrected chi connectivity index (χ0v) is 15.3. The molecule has 0 unspecified atom stereocenters. The molecular weight excluding hydrogens is 296 g/mol. The summed E-state index contributed by atoms with van der Waals surface area (Å²) in [6, 6.07) is 10.2. The first-order chi connectivity index (χ1) is 11.3. The predicted octanol–water partition coefficient (Wildman–Crippen LogP) is 5.97. The van der Waals surface area contributed by atoms with E-state index in [1.54, 1.807) is 0 Å². The maximum absolute atomic E-state index is 4.84. The Morgan fingerprint density at radius 1 is 0.917 bits per heavy atom. The Hall–Kier alpha value is -2.49. The van der Waals surface area contributed by atoms with Gasteiger partial charge in [0.1, 0.15) is 5.65 Å². The van der Waals surface area contributed by atoms with Crippen LogP contribution in [-0.4, -0.2) is 9.38 Å². The molecule has 0 aliphatic carbocycles. The van der Waals surface area contributed by atoms with Gasteiger partial charge in [0.05, 0.1) is 11.4 Å². The van der Waals surface area contributed by atoms with Crippen LogP contribution >= 0.6 is 0 Å². The summed E-state index contributed by atoms with van der Waals surface area (Å²) in [4.78, 5) is 4.84. The fraction of sp³-hybridized carbons (Fsp3) is 0.350. The van der Waals surface area contributed by atoms with Crippen LogP contribution in [0.4, 0.5) is 11.5 Å². The third kappa shape index (κ3) is 2.96. The van der Waals surface area contributed by atoms with Gasteiger partial charge in [0, 0.05) is 11.6 Å². The number of benzene rings is 1. The van der Waals surface area contributed by atoms with Crippen LogP contribution in [0.15, 0.2) is 46.8 Å². The van der Waals surface area contributed by atoms with E-state index in [0.29, 0.717) is 0 Å². The van der Waals surface area contributed by atoms with Crippen molar-refractivity contribution in [3.8, 4) is 0 Å². The molecule has 0 bridgehead atoms. The van der Waals surface area contributed by atoms with Crippen LogP contribution in [0.25, 0.3) is 5.65 Å². The number of nitrogens with zero attached hydrogens (tertiary/aromatic N) is 4. The molecule has 3 aromatic rings. The molecule has 0 amide bonds. The number of aryl methyl sites for hydroxylation is 3. The van der Waals surface area contributed by atoms with Gasteiger partial charge in [-0.2, -0.15) is 0 Å². The highest BCUT2D eigenvalue weighted by Crippen LogP contribution is 2.33. The minimum Gasteiger partial charge on any atom is -0.283 e. The van der Waals surface area contributed by atoms with Crippen LogP contribution in [0, 0.1) is 20.8 Å². The lowest BCUT2D eigenvalue weighted by Crippen LogP contribution is -2.11. The first kappa shape index (κ1) is 16.4. The van der Waals surface area contributed by atoms with E-state index in [1.807, 2.05) is 22.7 Å². The predicted molar refractivity (Wildman–Crippen MR) is 98.7 cm³/mol. The molecule has 2 aromatic heterocycles. The van der Waals surface area contributed by atoms with Crippen molar-refractivity contribution in [1.82, 2.24) is 9.38 Å². The number of rotatable bonds is 2. The van der Waals surface area contributed by atoms with Crippen molar-refractivity contribution in [3.05, 3.63) is 58.9 Å². The number of pyridine rings is 1. The molecule has 0 aliphatic heterocycles. The molecule has 0 fully saturated rings. The van der Waals surface area contributed by atoms with Crippen LogP contribution in [0.2, 0.25) is 0 Å². The molecular formula is C20H24N4. The number of azo groups is 1. The third-order valence-corrected chi connectivity index (χ3v) is 4.28. The fourth-order valence-electron chi connectivity index (χ4n) is 2.68. The summed E-state index contributed by atoms with van der Waals surface area (Å²) >= 11 is 0. The van der Waals surface area contributed by atoms with Gasteiger partial charge in [-0.1, -0.05) is 32.9 Å². The molecule has 2 heterocycles. The van der Waals surface area contributed by atoms with Crippen molar-refractivity contribution in [1.29, 1.82) is 0 Å². The monoisotopic (exact) mass is 320 g/mol. The summed E-state index contributed by atoms with van der Waals surface area (Å²) in [6.07, 6.45) is 2.00. The molecule has 0 radical (unpaired) electrons. The smallest absolute Gasteiger partial charge is 0.183 e. The molecule has 0 N–H and O–H groups in total. The highest BCUT2D eigenvalue weighted by molar-refractivity contribution is 5.58. The molecule has 4 nitrogen and oxygen atoms in total. The molecule has 0 saturated heterocycles. The van der Waals surface area contributed by atoms with Crippen LogP contribution in [-0.2, 0) is 5.41 Å². The lowest BCUT2D eigenvalue weighted by Gasteiger charge is -2.15. The maximum Gasteiger partial charge on any atom is 0.183 e. The molecule has 24 heavy (non-hydrogen) atoms. The van der Waals surface area contributed by atoms with E-state index in [2.05, 4.69) is 70.0 Å². The van der Waals surface area contributed by atoms with Gasteiger partial charge in [0.25, 0.3) is 0 Å². The fourth-order valence-corrected chi connectivity index (χ4v) is 2.68. The second kappa shape index (κ2) is 5.86. The molecule has 0 aliphatic rings. The van der Waals surface area contributed by atoms with Crippen LogP contribution in [0.5, 0.6) is 0 Å². The average Bonchev–Trinajstić information content (AvgIpc) is 2.89. The van der Waals surface area contributed by atoms with Gasteiger partial charge in [0.2, 0.25) is 0 Å². The average molecular weight is 320 g/mol. The Labute approximate surface area is 143 Å². The first-order valence-corrected chi connectivity index (χ1v) is 8.24. The van der Waals surface area contributed by atoms with Gasteiger partial charge in [-0.05, 0) is 55.7 Å². The van der Waals surface area contributed by atoms with Crippen molar-refractivity contribution in [2.45, 2.75) is 47.0 Å². The molecule has 0 saturated carbocycles. The van der Waals surface area contributed by atoms with Crippen LogP contribution in [0.1, 0.15) is 43.2 Å². The highest BCUT2D eigenvalue weighted by Gasteiger charge is 2.24. The minimum absolute atomic E-state index is 0.101. The Kier molecular flexibility index (Phi) is 3.99. The van der Waals surface area contributed by atoms with Crippen molar-refractivity contribution in [3.63, 3.8) is 0 Å². The lowest BCUT2D eigenvalue weighted by atomic mass is 9.92. The van der Waals surface area contributed by atoms with E-state index in [1.165, 1.54) is 11.1 Å². The van der Waals surface area contributed by atoms with Gasteiger partial charge >= 0.3 is 0 Å². The van der Waals surface area contributed by atoms with Gasteiger partial charge in [-0.15, -0.1) is 10.2 Å². The summed E-state index contributed by atoms with van der Waals surface area (Å²) in [5.41, 5.74) is 6.28. The minimum atomic E-state index is -0.101. The zero-order valence-electron chi connectivity index (χ0n) is 15.3. The quantitative estimate of drug-likeness (QED) is 0.536. The van der Waals surface area contributed by atoms with E-state index in [0.717, 1.165) is 28.4 Å². The largest absolute Gasteiger partial charge is 0.283 e. The highest BCUT2D eigenvalue weighted by atomic mass is 15.2. The molecule has 0 spiro atoms. The second-order valence-corrected chi connectivity index (χ2v) is 7.39. The number of aromatic nitrogens is 2. The first-order valence-electron chi connectivity index (χ1n) is 8.24. The Morgan fingerprint density at radius 3 is 2.33 bits per heavy atom. The van der Waals surface area contributed by atoms with Gasteiger partial charge in [0.15, 0.2) is 5.82 Å². The zero-order chi connectivity index (χ0) is 17.5.